The number of rotatable bonds is 2. The summed E-state index contributed by atoms with van der Waals surface area (Å²) in [6, 6.07) is 0. The van der Waals surface area contributed by atoms with E-state index in [1.165, 1.54) is 6.08 Å². The molecule has 94 valence electrons. The highest BCUT2D eigenvalue weighted by molar-refractivity contribution is 5.97. The van der Waals surface area contributed by atoms with Crippen LogP contribution >= 0.6 is 0 Å². The summed E-state index contributed by atoms with van der Waals surface area (Å²) >= 11 is 0. The van der Waals surface area contributed by atoms with E-state index < -0.39 is 6.35 Å². The van der Waals surface area contributed by atoms with Gasteiger partial charge in [0.2, 0.25) is 12.3 Å². The highest BCUT2D eigenvalue weighted by Crippen LogP contribution is 2.04. The minimum absolute atomic E-state index is 0.153. The normalized spacial score (nSPS) is 20.7. The van der Waals surface area contributed by atoms with Crippen LogP contribution < -0.4 is 21.3 Å². The molecule has 2 N–H and O–H groups in total. The van der Waals surface area contributed by atoms with Crippen molar-refractivity contribution in [3.63, 3.8) is 0 Å². The second kappa shape index (κ2) is 3.99. The van der Waals surface area contributed by atoms with Gasteiger partial charge in [-0.25, -0.2) is 4.99 Å². The average molecular weight is 246 g/mol. The van der Waals surface area contributed by atoms with Crippen molar-refractivity contribution in [3.8, 4) is 0 Å². The molecule has 1 unspecified atom stereocenters. The summed E-state index contributed by atoms with van der Waals surface area (Å²) in [5.74, 6) is 0.503. The SMILES string of the molecule is CCn1cc2c3c1=NC(OC)NC=3NC(=O)C=C2. The predicted octanol–water partition coefficient (Wildman–Crippen LogP) is -1.13. The quantitative estimate of drug-likeness (QED) is 0.694. The molecule has 0 fully saturated rings. The second-order valence-electron chi connectivity index (χ2n) is 4.13. The minimum Gasteiger partial charge on any atom is -0.343 e. The molecule has 18 heavy (non-hydrogen) atoms. The Balaban J connectivity index is 2.34. The number of methoxy groups -OCH3 is 1. The van der Waals surface area contributed by atoms with Gasteiger partial charge in [0.1, 0.15) is 11.3 Å². The molecule has 1 aromatic heterocycles. The van der Waals surface area contributed by atoms with E-state index in [1.54, 1.807) is 13.2 Å². The molecule has 1 amide bonds. The number of hydrogen-bond donors (Lipinski definition) is 2. The van der Waals surface area contributed by atoms with Gasteiger partial charge in [-0.1, -0.05) is 0 Å². The lowest BCUT2D eigenvalue weighted by molar-refractivity contribution is -0.115. The van der Waals surface area contributed by atoms with Gasteiger partial charge in [-0.3, -0.25) is 4.79 Å². The maximum absolute atomic E-state index is 11.6. The Morgan fingerprint density at radius 1 is 1.50 bits per heavy atom. The Morgan fingerprint density at radius 3 is 3.06 bits per heavy atom. The average Bonchev–Trinajstić information content (AvgIpc) is 2.65. The van der Waals surface area contributed by atoms with Crippen molar-refractivity contribution in [1.29, 1.82) is 0 Å². The molecule has 3 heterocycles. The molecule has 3 rings (SSSR count). The van der Waals surface area contributed by atoms with Gasteiger partial charge in [0.15, 0.2) is 0 Å². The van der Waals surface area contributed by atoms with Crippen LogP contribution in [0, 0.1) is 0 Å². The predicted molar refractivity (Wildman–Crippen MR) is 65.4 cm³/mol. The van der Waals surface area contributed by atoms with E-state index in [9.17, 15) is 4.79 Å². The number of nitrogens with zero attached hydrogens (tertiary/aromatic N) is 2. The van der Waals surface area contributed by atoms with E-state index in [0.29, 0.717) is 5.82 Å². The third-order valence-electron chi connectivity index (χ3n) is 3.06. The third kappa shape index (κ3) is 1.53. The molecule has 1 aromatic rings. The summed E-state index contributed by atoms with van der Waals surface area (Å²) in [6.45, 7) is 2.87. The number of aryl methyl sites for hydroxylation is 1. The Bertz CT molecular complexity index is 656. The number of carbonyl (C=O) groups is 1. The Morgan fingerprint density at radius 2 is 2.33 bits per heavy atom. The standard InChI is InChI=1S/C12H14N4O2/c1-3-16-6-7-4-5-8(17)13-10-9(7)11(16)15-12(14-10)18-2/h4-6,12,14H,3H2,1-2H3,(H,13,17). The summed E-state index contributed by atoms with van der Waals surface area (Å²) in [5.41, 5.74) is 1.81. The lowest BCUT2D eigenvalue weighted by atomic mass is 10.2. The summed E-state index contributed by atoms with van der Waals surface area (Å²) in [7, 11) is 1.57. The lowest BCUT2D eigenvalue weighted by Crippen LogP contribution is -2.50. The van der Waals surface area contributed by atoms with Crippen LogP contribution in [0.15, 0.2) is 17.3 Å². The first-order valence-electron chi connectivity index (χ1n) is 5.82. The zero-order chi connectivity index (χ0) is 12.7. The number of aromatic nitrogens is 1. The fourth-order valence-electron chi connectivity index (χ4n) is 2.21. The molecular weight excluding hydrogens is 232 g/mol. The minimum atomic E-state index is -0.473. The number of nitrogens with one attached hydrogen (secondary N) is 2. The van der Waals surface area contributed by atoms with E-state index in [-0.39, 0.29) is 5.91 Å². The van der Waals surface area contributed by atoms with Crippen LogP contribution in [0.3, 0.4) is 0 Å². The molecule has 0 radical (unpaired) electrons. The van der Waals surface area contributed by atoms with Crippen molar-refractivity contribution in [1.82, 2.24) is 15.2 Å². The first kappa shape index (κ1) is 11.0. The first-order valence-corrected chi connectivity index (χ1v) is 5.82. The maximum Gasteiger partial charge on any atom is 0.249 e. The van der Waals surface area contributed by atoms with Crippen molar-refractivity contribution in [2.24, 2.45) is 4.99 Å². The molecule has 0 saturated carbocycles. The topological polar surface area (TPSA) is 67.7 Å². The van der Waals surface area contributed by atoms with E-state index in [4.69, 9.17) is 4.74 Å². The number of carbonyl (C=O) groups excluding carboxylic acids is 1. The fraction of sp³-hybridized carbons (Fsp3) is 0.333. The van der Waals surface area contributed by atoms with Crippen LogP contribution in [-0.2, 0) is 16.1 Å². The molecule has 2 aliphatic rings. The van der Waals surface area contributed by atoms with E-state index in [0.717, 1.165) is 22.8 Å². The monoisotopic (exact) mass is 246 g/mol. The van der Waals surface area contributed by atoms with Gasteiger partial charge >= 0.3 is 0 Å². The summed E-state index contributed by atoms with van der Waals surface area (Å²) in [4.78, 5) is 16.0. The molecule has 6 nitrogen and oxygen atoms in total. The Hall–Kier alpha value is -2.08. The van der Waals surface area contributed by atoms with Crippen LogP contribution in [-0.4, -0.2) is 23.9 Å². The molecule has 1 atom stereocenters. The summed E-state index contributed by atoms with van der Waals surface area (Å²) < 4.78 is 7.25. The van der Waals surface area contributed by atoms with Crippen molar-refractivity contribution in [2.75, 3.05) is 7.11 Å². The van der Waals surface area contributed by atoms with Crippen molar-refractivity contribution < 1.29 is 9.53 Å². The van der Waals surface area contributed by atoms with Crippen molar-refractivity contribution in [2.45, 2.75) is 19.8 Å². The van der Waals surface area contributed by atoms with Gasteiger partial charge in [0, 0.05) is 31.5 Å². The van der Waals surface area contributed by atoms with Crippen LogP contribution in [0.2, 0.25) is 0 Å². The Labute approximate surface area is 104 Å². The molecule has 6 heteroatoms. The van der Waals surface area contributed by atoms with Crippen LogP contribution in [0.5, 0.6) is 0 Å². The van der Waals surface area contributed by atoms with Gasteiger partial charge in [-0.05, 0) is 13.0 Å². The van der Waals surface area contributed by atoms with Gasteiger partial charge in [0.25, 0.3) is 0 Å². The molecule has 0 aromatic carbocycles. The van der Waals surface area contributed by atoms with Crippen molar-refractivity contribution in [3.05, 3.63) is 28.5 Å². The third-order valence-corrected chi connectivity index (χ3v) is 3.06. The molecule has 0 aliphatic carbocycles. The number of hydrogen-bond acceptors (Lipinski definition) is 4. The molecule has 0 bridgehead atoms. The molecule has 2 aliphatic heterocycles. The van der Waals surface area contributed by atoms with Gasteiger partial charge in [-0.2, -0.15) is 0 Å². The molecule has 0 spiro atoms. The molecule has 0 saturated heterocycles. The zero-order valence-corrected chi connectivity index (χ0v) is 10.2. The van der Waals surface area contributed by atoms with Crippen LogP contribution in [0.4, 0.5) is 0 Å². The highest BCUT2D eigenvalue weighted by Gasteiger charge is 2.20. The zero-order valence-electron chi connectivity index (χ0n) is 10.2. The number of ether oxygens (including phenoxy) is 1. The molecular formula is C12H14N4O2. The number of amides is 1. The Kier molecular flexibility index (Phi) is 2.45. The van der Waals surface area contributed by atoms with E-state index in [2.05, 4.69) is 22.5 Å². The summed E-state index contributed by atoms with van der Waals surface area (Å²) in [6.07, 6.45) is 4.84. The largest absolute Gasteiger partial charge is 0.343 e. The highest BCUT2D eigenvalue weighted by atomic mass is 16.5. The first-order chi connectivity index (χ1) is 8.72. The van der Waals surface area contributed by atoms with E-state index in [1.807, 2.05) is 10.8 Å². The maximum atomic E-state index is 11.6. The summed E-state index contributed by atoms with van der Waals surface area (Å²) in [5, 5.41) is 6.78. The fourth-order valence-corrected chi connectivity index (χ4v) is 2.21. The second-order valence-corrected chi connectivity index (χ2v) is 4.13. The van der Waals surface area contributed by atoms with E-state index >= 15 is 0 Å². The smallest absolute Gasteiger partial charge is 0.249 e. The van der Waals surface area contributed by atoms with Gasteiger partial charge in [0.05, 0.1) is 5.22 Å². The van der Waals surface area contributed by atoms with Crippen molar-refractivity contribution >= 4 is 17.8 Å². The van der Waals surface area contributed by atoms with Gasteiger partial charge < -0.3 is 19.9 Å². The lowest BCUT2D eigenvalue weighted by Gasteiger charge is -2.19. The van der Waals surface area contributed by atoms with Crippen LogP contribution in [0.1, 0.15) is 12.5 Å². The van der Waals surface area contributed by atoms with Gasteiger partial charge in [-0.15, -0.1) is 0 Å². The van der Waals surface area contributed by atoms with Crippen LogP contribution in [0.25, 0.3) is 11.9 Å².